The molecule has 96 heavy (non-hydrogen) atoms. The molecule has 4 aliphatic rings. The van der Waals surface area contributed by atoms with E-state index in [1.165, 1.54) is 12.2 Å². The smallest absolute Gasteiger partial charge is 0.335 e. The second-order valence-corrected chi connectivity index (χ2v) is 23.4. The van der Waals surface area contributed by atoms with Gasteiger partial charge in [0.05, 0.1) is 42.5 Å². The van der Waals surface area contributed by atoms with Crippen LogP contribution in [0.3, 0.4) is 0 Å². The second-order valence-electron chi connectivity index (χ2n) is 23.4. The number of allylic oxidation sites excluding steroid dienone is 1. The summed E-state index contributed by atoms with van der Waals surface area (Å²) in [6.07, 6.45) is -2.57. The lowest BCUT2D eigenvalue weighted by molar-refractivity contribution is -0.173. The minimum absolute atomic E-state index is 0.00272. The van der Waals surface area contributed by atoms with Gasteiger partial charge in [-0.05, 0) is 116 Å². The maximum Gasteiger partial charge on any atom is 0.335 e. The summed E-state index contributed by atoms with van der Waals surface area (Å²) >= 11 is 0. The summed E-state index contributed by atoms with van der Waals surface area (Å²) in [4.78, 5) is 184. The molecule has 2 fully saturated rings. The quantitative estimate of drug-likeness (QED) is 0.0203. The van der Waals surface area contributed by atoms with E-state index in [2.05, 4.69) is 42.5 Å². The fourth-order valence-corrected chi connectivity index (χ4v) is 10.4. The Kier molecular flexibility index (Phi) is 29.9. The molecule has 534 valence electrons. The molecule has 3 aliphatic heterocycles. The predicted molar refractivity (Wildman–Crippen MR) is 328 cm³/mol. The topological polar surface area (TPSA) is 638 Å². The van der Waals surface area contributed by atoms with Gasteiger partial charge in [-0.15, -0.1) is 0 Å². The van der Waals surface area contributed by atoms with Gasteiger partial charge in [-0.3, -0.25) is 67.5 Å². The second kappa shape index (κ2) is 36.4. The largest absolute Gasteiger partial charge is 0.504 e. The van der Waals surface area contributed by atoms with Crippen LogP contribution >= 0.6 is 0 Å². The molecule has 0 aromatic heterocycles. The van der Waals surface area contributed by atoms with Gasteiger partial charge in [0.25, 0.3) is 5.91 Å². The lowest BCUT2D eigenvalue weighted by atomic mass is 9.79. The number of aliphatic hydroxyl groups excluding tert-OH is 6. The molecule has 1 aliphatic carbocycles. The fraction of sp³-hybridized carbons (Fsp3) is 0.614. The van der Waals surface area contributed by atoms with E-state index in [0.29, 0.717) is 22.9 Å². The molecule has 26 N–H and O–H groups in total. The number of nitrogens with zero attached hydrogens (tertiary/aromatic N) is 2. The van der Waals surface area contributed by atoms with Crippen LogP contribution in [0.1, 0.15) is 105 Å². The Labute approximate surface area is 548 Å². The highest BCUT2D eigenvalue weighted by Gasteiger charge is 2.49. The van der Waals surface area contributed by atoms with Crippen LogP contribution in [-0.4, -0.2) is 256 Å². The first-order valence-electron chi connectivity index (χ1n) is 30.7. The number of carboxylic acids is 2. The summed E-state index contributed by atoms with van der Waals surface area (Å²) in [5.41, 5.74) is 16.2. The lowest BCUT2D eigenvalue weighted by Gasteiger charge is -2.52. The highest BCUT2D eigenvalue weighted by molar-refractivity contribution is 6.00. The molecule has 12 amide bonds. The Morgan fingerprint density at radius 2 is 1.28 bits per heavy atom. The molecule has 2 saturated heterocycles. The lowest BCUT2D eigenvalue weighted by Crippen LogP contribution is -2.64. The van der Waals surface area contributed by atoms with Crippen molar-refractivity contribution in [2.75, 3.05) is 32.8 Å². The number of carbonyl (C=O) groups excluding carboxylic acids is 12. The van der Waals surface area contributed by atoms with Crippen molar-refractivity contribution in [1.29, 1.82) is 0 Å². The van der Waals surface area contributed by atoms with E-state index in [9.17, 15) is 113 Å². The van der Waals surface area contributed by atoms with Gasteiger partial charge in [0.15, 0.2) is 17.6 Å². The van der Waals surface area contributed by atoms with E-state index in [0.717, 1.165) is 20.8 Å². The zero-order chi connectivity index (χ0) is 72.1. The number of fused-ring (bicyclic) bond motifs is 3. The van der Waals surface area contributed by atoms with Crippen molar-refractivity contribution >= 4 is 82.8 Å². The Balaban J connectivity index is 1.35. The van der Waals surface area contributed by atoms with Gasteiger partial charge in [0, 0.05) is 32.5 Å². The number of aliphatic carboxylic acids is 2. The van der Waals surface area contributed by atoms with Crippen molar-refractivity contribution in [3.8, 4) is 0 Å². The van der Waals surface area contributed by atoms with Crippen LogP contribution in [-0.2, 0) is 67.1 Å². The Morgan fingerprint density at radius 3 is 1.89 bits per heavy atom. The van der Waals surface area contributed by atoms with Crippen LogP contribution in [0, 0.1) is 0 Å². The average Bonchev–Trinajstić information content (AvgIpc) is 0.724. The molecule has 14 atom stereocenters. The van der Waals surface area contributed by atoms with Crippen molar-refractivity contribution in [3.63, 3.8) is 0 Å². The van der Waals surface area contributed by atoms with Crippen LogP contribution < -0.4 is 75.7 Å². The summed E-state index contributed by atoms with van der Waals surface area (Å²) in [7, 11) is 0. The van der Waals surface area contributed by atoms with Gasteiger partial charge in [0.2, 0.25) is 65.0 Å². The zero-order valence-electron chi connectivity index (χ0n) is 53.1. The highest BCUT2D eigenvalue weighted by atomic mass is 16.5. The summed E-state index contributed by atoms with van der Waals surface area (Å²) in [5, 5.41) is 118. The van der Waals surface area contributed by atoms with Gasteiger partial charge in [-0.25, -0.2) is 9.86 Å². The van der Waals surface area contributed by atoms with Crippen molar-refractivity contribution in [3.05, 3.63) is 46.8 Å². The number of primary amides is 1. The molecule has 0 aromatic carbocycles. The van der Waals surface area contributed by atoms with Crippen molar-refractivity contribution in [2.24, 2.45) is 17.2 Å². The molecule has 4 rings (SSSR count). The van der Waals surface area contributed by atoms with Gasteiger partial charge in [-0.1, -0.05) is 0 Å². The number of amides is 12. The first-order valence-corrected chi connectivity index (χ1v) is 30.7. The molecule has 0 spiro atoms. The van der Waals surface area contributed by atoms with Crippen molar-refractivity contribution in [1.82, 2.24) is 68.4 Å². The van der Waals surface area contributed by atoms with E-state index in [1.807, 2.05) is 16.0 Å². The molecular weight excluding hydrogens is 1280 g/mol. The molecule has 39 heteroatoms. The minimum atomic E-state index is -2.70. The third kappa shape index (κ3) is 22.0. The molecule has 14 unspecified atom stereocenters. The Bertz CT molecular complexity index is 3070. The van der Waals surface area contributed by atoms with Crippen LogP contribution in [0.25, 0.3) is 0 Å². The first kappa shape index (κ1) is 78.9. The first-order chi connectivity index (χ1) is 45.1. The third-order valence-electron chi connectivity index (χ3n) is 15.8. The highest BCUT2D eigenvalue weighted by Crippen LogP contribution is 2.43. The summed E-state index contributed by atoms with van der Waals surface area (Å²) in [6, 6.07) is -17.1. The molecule has 0 saturated carbocycles. The number of nitrogens with one attached hydrogen (secondary N) is 11. The number of unbranched alkanes of at least 4 members (excludes halogenated alkanes) is 2. The monoisotopic (exact) mass is 1360 g/mol. The summed E-state index contributed by atoms with van der Waals surface area (Å²) < 4.78 is 0. The van der Waals surface area contributed by atoms with E-state index >= 15 is 0 Å². The van der Waals surface area contributed by atoms with Crippen LogP contribution in [0.2, 0.25) is 0 Å². The maximum atomic E-state index is 13.9. The zero-order valence-corrected chi connectivity index (χ0v) is 53.1. The van der Waals surface area contributed by atoms with Gasteiger partial charge in [0.1, 0.15) is 60.2 Å². The number of carbonyl (C=O) groups is 14. The molecule has 0 radical (unpaired) electrons. The van der Waals surface area contributed by atoms with Crippen LogP contribution in [0.5, 0.6) is 0 Å². The van der Waals surface area contributed by atoms with E-state index in [4.69, 9.17) is 17.2 Å². The predicted octanol–water partition coefficient (Wildman–Crippen LogP) is -8.88. The standard InChI is InChI=1S/C57H88N16O23/c1-25(46(84)69-42(27(3)76)53(91)65-30(11-5-7-16-58)48(86)67-33(22-40(81)82)49(87)66-31-12-9-19-72(96)55(31)93)63-52(90)41(26(2)75)70-50(88)34(24-74)68-54(92)43(44(83)56(94)95)71-47(85)29(59)10-6-8-17-62-51(89)35-15-18-61-45-32(64-39(80)14-13-38(60)79)20-28-21-36(77)37(78)23-57(28,4)73(35)45/h20-21,23,25-27,29-31,33-35,41-44,61,74-78,83,96H,5-19,22,24,58-59H2,1-4H3,(H2,60,79)(H,62,89)(H,63,90)(H,64,80)(H,65,91)(H,66,87)(H,67,86)(H,68,92)(H,69,84)(H,70,88)(H,71,85)(H,81,82)(H,94,95). The number of aliphatic hydroxyl groups is 6. The van der Waals surface area contributed by atoms with Gasteiger partial charge in [-0.2, -0.15) is 0 Å². The normalized spacial score (nSPS) is 20.9. The number of carboxylic acid groups (broad SMARTS) is 2. The number of nitrogens with two attached hydrogens (primary N) is 3. The Morgan fingerprint density at radius 1 is 0.698 bits per heavy atom. The van der Waals surface area contributed by atoms with E-state index in [-0.39, 0.29) is 96.1 Å². The third-order valence-corrected chi connectivity index (χ3v) is 15.8. The maximum absolute atomic E-state index is 13.9. The number of hydrogen-bond donors (Lipinski definition) is 23. The van der Waals surface area contributed by atoms with Gasteiger partial charge < -0.3 is 121 Å². The Hall–Kier alpha value is -9.54. The van der Waals surface area contributed by atoms with Crippen molar-refractivity contribution < 1.29 is 113 Å². The minimum Gasteiger partial charge on any atom is -0.504 e. The summed E-state index contributed by atoms with van der Waals surface area (Å²) in [5.74, 6) is -17.0. The van der Waals surface area contributed by atoms with E-state index in [1.54, 1.807) is 17.9 Å². The molecule has 0 aromatic rings. The summed E-state index contributed by atoms with van der Waals surface area (Å²) in [6.45, 7) is 3.86. The number of piperidine rings is 1. The van der Waals surface area contributed by atoms with Crippen LogP contribution in [0.15, 0.2) is 46.8 Å². The molecule has 39 nitrogen and oxygen atoms in total. The fourth-order valence-electron chi connectivity index (χ4n) is 10.4. The number of hydrogen-bond acceptors (Lipinski definition) is 25. The van der Waals surface area contributed by atoms with Crippen LogP contribution in [0.4, 0.5) is 0 Å². The number of hydroxylamine groups is 2. The van der Waals surface area contributed by atoms with E-state index < -0.39 is 192 Å². The molecule has 3 heterocycles. The molecular formula is C57H88N16O23. The SMILES string of the molecule is CC(NC(=O)C(NC(=O)C(CO)NC(=O)C(NC(=O)C(N)CCCCNC(=O)C1CCNC2=C(NC(=O)CCC(N)=O)C=C3C=C(O)C(O)=CC3(C)N21)C(O)C(=O)O)C(C)O)C(=O)NC(C(=O)NC(CCCCN)C(=O)NC(CC(=O)O)C(=O)NC1CCCN(O)C1=O)C(C)O. The average molecular weight is 1370 g/mol. The molecule has 0 bridgehead atoms. The van der Waals surface area contributed by atoms with Crippen molar-refractivity contribution in [2.45, 2.75) is 189 Å². The number of rotatable bonds is 37. The van der Waals surface area contributed by atoms with Gasteiger partial charge >= 0.3 is 11.9 Å².